The molecule has 10 heteroatoms. The molecular weight excluding hydrogens is 654 g/mol. The van der Waals surface area contributed by atoms with Crippen LogP contribution in [0.25, 0.3) is 0 Å². The molecule has 292 valence electrons. The summed E-state index contributed by atoms with van der Waals surface area (Å²) in [6.45, 7) is 26.9. The predicted octanol–water partition coefficient (Wildman–Crippen LogP) is 7.18. The molecule has 3 N–H and O–H groups in total. The molecule has 10 nitrogen and oxygen atoms in total. The van der Waals surface area contributed by atoms with Crippen LogP contribution in [0.1, 0.15) is 131 Å². The third-order valence-electron chi connectivity index (χ3n) is 16.9. The first-order valence-electron chi connectivity index (χ1n) is 20.3. The van der Waals surface area contributed by atoms with Crippen LogP contribution >= 0.6 is 0 Å². The summed E-state index contributed by atoms with van der Waals surface area (Å²) in [7, 11) is 2.00. The van der Waals surface area contributed by atoms with E-state index in [4.69, 9.17) is 14.6 Å². The molecule has 3 saturated carbocycles. The molecule has 52 heavy (non-hydrogen) atoms. The number of hydrogen-bond donors (Lipinski definition) is 3. The topological polar surface area (TPSA) is 128 Å². The molecule has 6 rings (SSSR count). The molecule has 1 aromatic heterocycles. The standard InChI is InChI=1S/C42H69N5O5/c1-13-44-35(48)34-45-24-46-47(34)30-20-42-23-51-21-38(8,33(30)52-22-41(11,43-12)26(4)5)31(42)15-14-28-29(42)16-17-40(10)32(36(49)50)37(7,27(6)25(2)3)18-19-39(28,40)9/h16,24-28,30-33,43H,13-15,17-23H2,1-12H3,(H,44,48)(H,49,50)/t27-,28+,30-,31+,32-,33+,37-,38-,39-,40+,41+,42+/m1/s1. The van der Waals surface area contributed by atoms with E-state index in [2.05, 4.69) is 90.9 Å². The Balaban J connectivity index is 1.48. The molecule has 2 bridgehead atoms. The van der Waals surface area contributed by atoms with Crippen LogP contribution in [0.2, 0.25) is 0 Å². The number of allylic oxidation sites excluding steroid dienone is 1. The number of carboxylic acids is 1. The summed E-state index contributed by atoms with van der Waals surface area (Å²) in [5.41, 5.74) is -0.292. The molecule has 12 atom stereocenters. The first-order valence-corrected chi connectivity index (χ1v) is 20.3. The number of carboxylic acid groups (broad SMARTS) is 1. The molecule has 0 spiro atoms. The molecule has 4 fully saturated rings. The Bertz CT molecular complexity index is 1560. The second-order valence-electron chi connectivity index (χ2n) is 19.6. The lowest BCUT2D eigenvalue weighted by atomic mass is 9.34. The Morgan fingerprint density at radius 2 is 1.81 bits per heavy atom. The Morgan fingerprint density at radius 3 is 2.42 bits per heavy atom. The average Bonchev–Trinajstić information content (AvgIpc) is 3.57. The second kappa shape index (κ2) is 13.5. The van der Waals surface area contributed by atoms with Crippen LogP contribution in [0.3, 0.4) is 0 Å². The number of ether oxygens (including phenoxy) is 2. The SMILES string of the molecule is CCNC(=O)c1ncnn1[C@@H]1C[C@@]23COC[C@](C)([C@@H]2CC[C@H]2C3=CC[C@@]3(C)[C@H](C(=O)O)[C@@](C)([C@H](C)C(C)C)CC[C@]23C)[C@H]1OC[C@](C)(NC)C(C)C. The van der Waals surface area contributed by atoms with E-state index in [1.807, 2.05) is 18.7 Å². The molecule has 1 aliphatic heterocycles. The van der Waals surface area contributed by atoms with Crippen LogP contribution in [-0.4, -0.2) is 76.8 Å². The Labute approximate surface area is 313 Å². The number of aromatic nitrogens is 3. The molecule has 5 aliphatic rings. The van der Waals surface area contributed by atoms with Gasteiger partial charge in [-0.05, 0) is 105 Å². The van der Waals surface area contributed by atoms with Gasteiger partial charge >= 0.3 is 5.97 Å². The maximum Gasteiger partial charge on any atom is 0.307 e. The molecule has 1 saturated heterocycles. The fourth-order valence-electron chi connectivity index (χ4n) is 12.8. The van der Waals surface area contributed by atoms with Gasteiger partial charge in [0.1, 0.15) is 6.33 Å². The Kier molecular flexibility index (Phi) is 10.2. The third-order valence-corrected chi connectivity index (χ3v) is 16.9. The van der Waals surface area contributed by atoms with E-state index < -0.39 is 17.3 Å². The zero-order chi connectivity index (χ0) is 38.2. The van der Waals surface area contributed by atoms with Crippen LogP contribution in [0.4, 0.5) is 0 Å². The molecule has 0 radical (unpaired) electrons. The van der Waals surface area contributed by atoms with Gasteiger partial charge in [0.05, 0.1) is 37.9 Å². The van der Waals surface area contributed by atoms with E-state index >= 15 is 0 Å². The van der Waals surface area contributed by atoms with Gasteiger partial charge in [-0.2, -0.15) is 5.10 Å². The minimum absolute atomic E-state index is 0.182. The molecule has 1 aromatic rings. The summed E-state index contributed by atoms with van der Waals surface area (Å²) in [5.74, 6) is 0.602. The van der Waals surface area contributed by atoms with E-state index in [1.165, 1.54) is 11.9 Å². The monoisotopic (exact) mass is 724 g/mol. The summed E-state index contributed by atoms with van der Waals surface area (Å²) in [6, 6.07) is -0.243. The first kappa shape index (κ1) is 39.4. The fourth-order valence-corrected chi connectivity index (χ4v) is 12.8. The van der Waals surface area contributed by atoms with Gasteiger partial charge < -0.3 is 25.2 Å². The van der Waals surface area contributed by atoms with Crippen molar-refractivity contribution >= 4 is 11.9 Å². The van der Waals surface area contributed by atoms with Gasteiger partial charge in [0.15, 0.2) is 0 Å². The number of aliphatic carboxylic acids is 1. The van der Waals surface area contributed by atoms with Gasteiger partial charge in [0, 0.05) is 22.9 Å². The summed E-state index contributed by atoms with van der Waals surface area (Å²) in [6.07, 6.45) is 9.19. The van der Waals surface area contributed by atoms with E-state index in [0.29, 0.717) is 55.9 Å². The van der Waals surface area contributed by atoms with Crippen molar-refractivity contribution in [2.24, 2.45) is 62.6 Å². The van der Waals surface area contributed by atoms with Crippen LogP contribution in [-0.2, 0) is 14.3 Å². The molecular formula is C42H69N5O5. The Hall–Kier alpha value is -2.30. The van der Waals surface area contributed by atoms with Crippen molar-refractivity contribution in [1.29, 1.82) is 0 Å². The summed E-state index contributed by atoms with van der Waals surface area (Å²) in [4.78, 5) is 31.5. The number of rotatable bonds is 11. The lowest BCUT2D eigenvalue weighted by molar-refractivity contribution is -0.253. The van der Waals surface area contributed by atoms with Crippen LogP contribution in [0, 0.1) is 62.6 Å². The molecule has 0 unspecified atom stereocenters. The third kappa shape index (κ3) is 5.49. The van der Waals surface area contributed by atoms with Gasteiger partial charge in [-0.3, -0.25) is 9.59 Å². The number of nitrogens with one attached hydrogen (secondary N) is 2. The van der Waals surface area contributed by atoms with Gasteiger partial charge in [-0.25, -0.2) is 9.67 Å². The van der Waals surface area contributed by atoms with Crippen LogP contribution in [0.5, 0.6) is 0 Å². The lowest BCUT2D eigenvalue weighted by Crippen LogP contribution is -2.69. The highest BCUT2D eigenvalue weighted by Gasteiger charge is 2.72. The average molecular weight is 724 g/mol. The summed E-state index contributed by atoms with van der Waals surface area (Å²) < 4.78 is 15.8. The van der Waals surface area contributed by atoms with Gasteiger partial charge in [0.2, 0.25) is 5.82 Å². The smallest absolute Gasteiger partial charge is 0.307 e. The van der Waals surface area contributed by atoms with Crippen LogP contribution in [0.15, 0.2) is 18.0 Å². The Morgan fingerprint density at radius 1 is 1.10 bits per heavy atom. The zero-order valence-electron chi connectivity index (χ0n) is 34.3. The van der Waals surface area contributed by atoms with E-state index in [-0.39, 0.29) is 51.2 Å². The highest BCUT2D eigenvalue weighted by atomic mass is 16.5. The zero-order valence-corrected chi connectivity index (χ0v) is 34.3. The van der Waals surface area contributed by atoms with Crippen molar-refractivity contribution in [1.82, 2.24) is 25.4 Å². The summed E-state index contributed by atoms with van der Waals surface area (Å²) in [5, 5.41) is 22.4. The quantitative estimate of drug-likeness (QED) is 0.205. The highest BCUT2D eigenvalue weighted by Crippen LogP contribution is 2.75. The van der Waals surface area contributed by atoms with Crippen molar-refractivity contribution in [3.63, 3.8) is 0 Å². The predicted molar refractivity (Wildman–Crippen MR) is 203 cm³/mol. The normalized spacial score (nSPS) is 41.7. The molecule has 0 aromatic carbocycles. The maximum absolute atomic E-state index is 13.5. The molecule has 2 heterocycles. The minimum Gasteiger partial charge on any atom is -0.481 e. The number of fused-ring (bicyclic) bond motifs is 3. The number of hydrogen-bond acceptors (Lipinski definition) is 7. The highest BCUT2D eigenvalue weighted by molar-refractivity contribution is 5.90. The lowest BCUT2D eigenvalue weighted by Gasteiger charge is -2.71. The van der Waals surface area contributed by atoms with Crippen LogP contribution < -0.4 is 10.6 Å². The van der Waals surface area contributed by atoms with Gasteiger partial charge in [0.25, 0.3) is 5.91 Å². The minimum atomic E-state index is -0.641. The second-order valence-corrected chi connectivity index (χ2v) is 19.6. The number of amides is 1. The first-order chi connectivity index (χ1) is 24.3. The van der Waals surface area contributed by atoms with Gasteiger partial charge in [-0.1, -0.05) is 74.0 Å². The van der Waals surface area contributed by atoms with Crippen molar-refractivity contribution < 1.29 is 24.2 Å². The van der Waals surface area contributed by atoms with Crippen molar-refractivity contribution in [2.45, 2.75) is 132 Å². The number of carbonyl (C=O) groups is 2. The van der Waals surface area contributed by atoms with Crippen molar-refractivity contribution in [3.8, 4) is 0 Å². The number of likely N-dealkylation sites (N-methyl/N-ethyl adjacent to an activating group) is 1. The molecule has 1 amide bonds. The molecule has 4 aliphatic carbocycles. The van der Waals surface area contributed by atoms with E-state index in [0.717, 1.165) is 38.5 Å². The number of carbonyl (C=O) groups excluding carboxylic acids is 1. The maximum atomic E-state index is 13.5. The largest absolute Gasteiger partial charge is 0.481 e. The van der Waals surface area contributed by atoms with E-state index in [1.54, 1.807) is 0 Å². The van der Waals surface area contributed by atoms with Gasteiger partial charge in [-0.15, -0.1) is 0 Å². The number of nitrogens with zero attached hydrogens (tertiary/aromatic N) is 3. The van der Waals surface area contributed by atoms with Crippen molar-refractivity contribution in [2.75, 3.05) is 33.4 Å². The van der Waals surface area contributed by atoms with E-state index in [9.17, 15) is 14.7 Å². The van der Waals surface area contributed by atoms with Crippen molar-refractivity contribution in [3.05, 3.63) is 23.8 Å². The summed E-state index contributed by atoms with van der Waals surface area (Å²) >= 11 is 0. The fraction of sp³-hybridized carbons (Fsp3) is 0.857.